The van der Waals surface area contributed by atoms with Gasteiger partial charge in [-0.1, -0.05) is 18.2 Å². The smallest absolute Gasteiger partial charge is 0.284 e. The molecule has 0 aliphatic heterocycles. The normalized spacial score (nSPS) is 10.2. The number of primary amides is 1. The predicted molar refractivity (Wildman–Crippen MR) is 70.9 cm³/mol. The molecule has 0 aliphatic carbocycles. The maximum Gasteiger partial charge on any atom is 0.284 e. The van der Waals surface area contributed by atoms with E-state index < -0.39 is 5.91 Å². The molecule has 0 fully saturated rings. The standard InChI is InChI=1S/C13H14N4O2/c1-16-8-10(15-12(16)11(14)18)17(2)13(19)9-6-4-3-5-7-9/h3-8H,1-2H3,(H2,14,18). The first-order valence-electron chi connectivity index (χ1n) is 5.67. The molecule has 1 aromatic heterocycles. The number of hydrogen-bond donors (Lipinski definition) is 1. The monoisotopic (exact) mass is 258 g/mol. The molecular weight excluding hydrogens is 244 g/mol. The highest BCUT2D eigenvalue weighted by Gasteiger charge is 2.18. The van der Waals surface area contributed by atoms with Crippen molar-refractivity contribution in [2.45, 2.75) is 0 Å². The number of nitrogens with zero attached hydrogens (tertiary/aromatic N) is 3. The number of rotatable bonds is 3. The molecule has 98 valence electrons. The minimum atomic E-state index is -0.630. The summed E-state index contributed by atoms with van der Waals surface area (Å²) < 4.78 is 1.49. The highest BCUT2D eigenvalue weighted by Crippen LogP contribution is 2.14. The Bertz CT molecular complexity index is 619. The number of imidazole rings is 1. The number of benzene rings is 1. The minimum absolute atomic E-state index is 0.114. The molecule has 2 aromatic rings. The summed E-state index contributed by atoms with van der Waals surface area (Å²) in [5.74, 6) is -0.336. The molecule has 0 saturated carbocycles. The second-order valence-electron chi connectivity index (χ2n) is 4.13. The molecule has 2 N–H and O–H groups in total. The highest BCUT2D eigenvalue weighted by atomic mass is 16.2. The molecule has 6 nitrogen and oxygen atoms in total. The molecule has 1 heterocycles. The first kappa shape index (κ1) is 12.8. The van der Waals surface area contributed by atoms with E-state index in [2.05, 4.69) is 4.98 Å². The van der Waals surface area contributed by atoms with Crippen LogP contribution in [-0.4, -0.2) is 28.4 Å². The Morgan fingerprint density at radius 2 is 1.89 bits per heavy atom. The van der Waals surface area contributed by atoms with E-state index in [0.717, 1.165) is 0 Å². The van der Waals surface area contributed by atoms with Crippen LogP contribution in [0.15, 0.2) is 36.5 Å². The Morgan fingerprint density at radius 3 is 2.42 bits per heavy atom. The van der Waals surface area contributed by atoms with Crippen molar-refractivity contribution in [1.29, 1.82) is 0 Å². The second kappa shape index (κ2) is 4.93. The Balaban J connectivity index is 2.30. The van der Waals surface area contributed by atoms with E-state index in [0.29, 0.717) is 11.4 Å². The Kier molecular flexibility index (Phi) is 3.33. The predicted octanol–water partition coefficient (Wildman–Crippen LogP) is 0.796. The quantitative estimate of drug-likeness (QED) is 0.884. The highest BCUT2D eigenvalue weighted by molar-refractivity contribution is 6.05. The van der Waals surface area contributed by atoms with Gasteiger partial charge in [-0.15, -0.1) is 0 Å². The fourth-order valence-corrected chi connectivity index (χ4v) is 1.72. The molecule has 6 heteroatoms. The van der Waals surface area contributed by atoms with Crippen molar-refractivity contribution >= 4 is 17.6 Å². The van der Waals surface area contributed by atoms with Crippen LogP contribution in [0.25, 0.3) is 0 Å². The summed E-state index contributed by atoms with van der Waals surface area (Å²) in [6.07, 6.45) is 1.58. The molecule has 19 heavy (non-hydrogen) atoms. The van der Waals surface area contributed by atoms with Crippen molar-refractivity contribution in [1.82, 2.24) is 9.55 Å². The van der Waals surface area contributed by atoms with Gasteiger partial charge < -0.3 is 10.3 Å². The van der Waals surface area contributed by atoms with Crippen LogP contribution in [0.3, 0.4) is 0 Å². The average Bonchev–Trinajstić information content (AvgIpc) is 2.80. The van der Waals surface area contributed by atoms with E-state index in [1.807, 2.05) is 6.07 Å². The van der Waals surface area contributed by atoms with Crippen molar-refractivity contribution in [2.24, 2.45) is 12.8 Å². The van der Waals surface area contributed by atoms with Gasteiger partial charge in [0.05, 0.1) is 0 Å². The summed E-state index contributed by atoms with van der Waals surface area (Å²) in [6.45, 7) is 0. The van der Waals surface area contributed by atoms with Crippen molar-refractivity contribution < 1.29 is 9.59 Å². The summed E-state index contributed by atoms with van der Waals surface area (Å²) in [5.41, 5.74) is 5.74. The Morgan fingerprint density at radius 1 is 1.26 bits per heavy atom. The molecule has 1 aromatic carbocycles. The van der Waals surface area contributed by atoms with E-state index in [1.54, 1.807) is 44.6 Å². The molecule has 0 spiro atoms. The molecule has 0 radical (unpaired) electrons. The van der Waals surface area contributed by atoms with Crippen LogP contribution >= 0.6 is 0 Å². The Labute approximate surface area is 110 Å². The topological polar surface area (TPSA) is 81.2 Å². The van der Waals surface area contributed by atoms with Gasteiger partial charge >= 0.3 is 0 Å². The van der Waals surface area contributed by atoms with Crippen molar-refractivity contribution in [2.75, 3.05) is 11.9 Å². The van der Waals surface area contributed by atoms with Crippen LogP contribution in [0.1, 0.15) is 21.0 Å². The van der Waals surface area contributed by atoms with Crippen LogP contribution in [-0.2, 0) is 7.05 Å². The zero-order valence-electron chi connectivity index (χ0n) is 10.7. The average molecular weight is 258 g/mol. The van der Waals surface area contributed by atoms with Gasteiger partial charge in [0.2, 0.25) is 5.82 Å². The van der Waals surface area contributed by atoms with Crippen molar-refractivity contribution in [3.8, 4) is 0 Å². The third-order valence-electron chi connectivity index (χ3n) is 2.75. The number of carbonyl (C=O) groups excluding carboxylic acids is 2. The molecular formula is C13H14N4O2. The van der Waals surface area contributed by atoms with Gasteiger partial charge in [0, 0.05) is 25.9 Å². The number of anilines is 1. The van der Waals surface area contributed by atoms with E-state index >= 15 is 0 Å². The van der Waals surface area contributed by atoms with Gasteiger partial charge in [0.25, 0.3) is 11.8 Å². The van der Waals surface area contributed by atoms with Crippen LogP contribution < -0.4 is 10.6 Å². The summed E-state index contributed by atoms with van der Waals surface area (Å²) in [6, 6.07) is 8.85. The van der Waals surface area contributed by atoms with Gasteiger partial charge in [-0.05, 0) is 12.1 Å². The lowest BCUT2D eigenvalue weighted by Crippen LogP contribution is -2.26. The molecule has 0 unspecified atom stereocenters. The lowest BCUT2D eigenvalue weighted by atomic mass is 10.2. The second-order valence-corrected chi connectivity index (χ2v) is 4.13. The van der Waals surface area contributed by atoms with Crippen LogP contribution in [0.5, 0.6) is 0 Å². The SMILES string of the molecule is CN(C(=O)c1ccccc1)c1cn(C)c(C(N)=O)n1. The number of carbonyl (C=O) groups is 2. The van der Waals surface area contributed by atoms with Gasteiger partial charge in [0.1, 0.15) is 0 Å². The fraction of sp³-hybridized carbons (Fsp3) is 0.154. The van der Waals surface area contributed by atoms with E-state index in [-0.39, 0.29) is 11.7 Å². The summed E-state index contributed by atoms with van der Waals surface area (Å²) >= 11 is 0. The number of hydrogen-bond acceptors (Lipinski definition) is 3. The number of aryl methyl sites for hydroxylation is 1. The van der Waals surface area contributed by atoms with Gasteiger partial charge in [-0.3, -0.25) is 14.5 Å². The fourth-order valence-electron chi connectivity index (χ4n) is 1.72. The van der Waals surface area contributed by atoms with Gasteiger partial charge in [-0.25, -0.2) is 4.98 Å². The lowest BCUT2D eigenvalue weighted by Gasteiger charge is -2.13. The largest absolute Gasteiger partial charge is 0.363 e. The van der Waals surface area contributed by atoms with E-state index in [9.17, 15) is 9.59 Å². The maximum absolute atomic E-state index is 12.2. The number of amides is 2. The zero-order valence-corrected chi connectivity index (χ0v) is 10.7. The first-order chi connectivity index (χ1) is 9.00. The third kappa shape index (κ3) is 2.47. The van der Waals surface area contributed by atoms with E-state index in [1.165, 1.54) is 9.47 Å². The summed E-state index contributed by atoms with van der Waals surface area (Å²) in [4.78, 5) is 28.8. The van der Waals surface area contributed by atoms with E-state index in [4.69, 9.17) is 5.73 Å². The van der Waals surface area contributed by atoms with Crippen LogP contribution in [0, 0.1) is 0 Å². The van der Waals surface area contributed by atoms with Crippen LogP contribution in [0.2, 0.25) is 0 Å². The Hall–Kier alpha value is -2.63. The number of nitrogens with two attached hydrogens (primary N) is 1. The number of aromatic nitrogens is 2. The van der Waals surface area contributed by atoms with Crippen molar-refractivity contribution in [3.63, 3.8) is 0 Å². The van der Waals surface area contributed by atoms with Gasteiger partial charge in [-0.2, -0.15) is 0 Å². The minimum Gasteiger partial charge on any atom is -0.363 e. The van der Waals surface area contributed by atoms with Gasteiger partial charge in [0.15, 0.2) is 5.82 Å². The molecule has 0 atom stereocenters. The summed E-state index contributed by atoms with van der Waals surface area (Å²) in [7, 11) is 3.25. The molecule has 2 rings (SSSR count). The molecule has 0 aliphatic rings. The van der Waals surface area contributed by atoms with Crippen molar-refractivity contribution in [3.05, 3.63) is 47.9 Å². The maximum atomic E-state index is 12.2. The molecule has 2 amide bonds. The third-order valence-corrected chi connectivity index (χ3v) is 2.75. The zero-order chi connectivity index (χ0) is 14.0. The lowest BCUT2D eigenvalue weighted by molar-refractivity contribution is 0.0978. The van der Waals surface area contributed by atoms with Crippen LogP contribution in [0.4, 0.5) is 5.82 Å². The first-order valence-corrected chi connectivity index (χ1v) is 5.67. The molecule has 0 bridgehead atoms. The summed E-state index contributed by atoms with van der Waals surface area (Å²) in [5, 5.41) is 0. The molecule has 0 saturated heterocycles.